The van der Waals surface area contributed by atoms with Crippen LogP contribution in [0.1, 0.15) is 25.8 Å². The van der Waals surface area contributed by atoms with Gasteiger partial charge in [0.25, 0.3) is 5.79 Å². The largest absolute Gasteiger partial charge is 0.471 e. The molecule has 5 atom stereocenters. The van der Waals surface area contributed by atoms with Crippen LogP contribution in [0.2, 0.25) is 0 Å². The number of Topliss-reactive ketones (excluding diaryl/α,β-unsaturated/α-hetero) is 1. The number of nitrogens with one attached hydrogen (secondary N) is 1. The van der Waals surface area contributed by atoms with Gasteiger partial charge in [0.2, 0.25) is 0 Å². The third kappa shape index (κ3) is 6.72. The molecule has 0 saturated carbocycles. The first-order valence-corrected chi connectivity index (χ1v) is 12.0. The molecule has 0 aromatic heterocycles. The fourth-order valence-corrected chi connectivity index (χ4v) is 4.63. The molecule has 1 saturated heterocycles. The third-order valence-corrected chi connectivity index (χ3v) is 6.41. The molecule has 13 heteroatoms. The van der Waals surface area contributed by atoms with Gasteiger partial charge in [-0.1, -0.05) is 42.5 Å². The Bertz CT molecular complexity index is 1080. The van der Waals surface area contributed by atoms with Crippen LogP contribution in [0.5, 0.6) is 0 Å². The molecule has 1 N–H and O–H groups in total. The quantitative estimate of drug-likeness (QED) is 0.397. The fraction of sp³-hybridized carbons (Fsp3) is 0.500. The summed E-state index contributed by atoms with van der Waals surface area (Å²) in [7, 11) is 0. The molecule has 3 rings (SSSR count). The van der Waals surface area contributed by atoms with Crippen molar-refractivity contribution in [1.29, 1.82) is 0 Å². The molecule has 0 unspecified atom stereocenters. The molecule has 1 aliphatic rings. The van der Waals surface area contributed by atoms with E-state index in [-0.39, 0.29) is 26.2 Å². The van der Waals surface area contributed by atoms with E-state index in [9.17, 15) is 22.8 Å². The number of alkyl halides is 3. The summed E-state index contributed by atoms with van der Waals surface area (Å²) in [5.74, 6) is -4.73. The summed E-state index contributed by atoms with van der Waals surface area (Å²) in [6.07, 6.45) is -9.30. The van der Waals surface area contributed by atoms with Crippen molar-refractivity contribution >= 4 is 46.2 Å². The van der Waals surface area contributed by atoms with Crippen LogP contribution in [0, 0.1) is 0 Å². The minimum absolute atomic E-state index is 0.00442. The Morgan fingerprint density at radius 3 is 2.41 bits per heavy atom. The van der Waals surface area contributed by atoms with E-state index in [0.29, 0.717) is 0 Å². The highest BCUT2D eigenvalue weighted by atomic mass is 35.5. The first kappa shape index (κ1) is 29.6. The minimum Gasteiger partial charge on any atom is -0.364 e. The van der Waals surface area contributed by atoms with Crippen LogP contribution in [0.4, 0.5) is 13.2 Å². The predicted octanol–water partition coefficient (Wildman–Crippen LogP) is 4.59. The van der Waals surface area contributed by atoms with Crippen LogP contribution in [-0.2, 0) is 39.0 Å². The van der Waals surface area contributed by atoms with Gasteiger partial charge in [0.1, 0.15) is 12.2 Å². The number of hydrogen-bond acceptors (Lipinski definition) is 7. The zero-order valence-electron chi connectivity index (χ0n) is 19.9. The number of carbonyl (C=O) groups excluding carboxylic acids is 2. The summed E-state index contributed by atoms with van der Waals surface area (Å²) in [4.78, 5) is 24.0. The summed E-state index contributed by atoms with van der Waals surface area (Å²) in [5.41, 5.74) is 0.792. The molecule has 8 nitrogen and oxygen atoms in total. The van der Waals surface area contributed by atoms with Gasteiger partial charge in [0, 0.05) is 13.5 Å². The maximum Gasteiger partial charge on any atom is 0.471 e. The first-order valence-electron chi connectivity index (χ1n) is 11.4. The summed E-state index contributed by atoms with van der Waals surface area (Å²) in [5, 5.41) is 3.62. The predicted molar refractivity (Wildman–Crippen MR) is 128 cm³/mol. The molecule has 2 aromatic rings. The van der Waals surface area contributed by atoms with Crippen LogP contribution < -0.4 is 5.32 Å². The molecule has 0 spiro atoms. The average molecular weight is 568 g/mol. The van der Waals surface area contributed by atoms with E-state index in [1.165, 1.54) is 6.92 Å². The zero-order chi connectivity index (χ0) is 27.2. The second kappa shape index (κ2) is 12.7. The molecule has 2 aromatic carbocycles. The molecule has 0 radical (unpaired) electrons. The standard InChI is InChI=1S/C24H26Cl2F3NO7/c1-14-19(36-25)20(37-26)21(33-13-17-9-5-8-16-7-3-4-10-18(16)17)23(35-14,15(2)31)34-12-6-11-30-22(32)24(27,28)29/h3-5,7-10,14,19-21H,6,11-13H2,1-2H3,(H,30,32)/t14-,19+,20+,21-,23+/m0/s1. The van der Waals surface area contributed by atoms with Crippen molar-refractivity contribution in [3.63, 3.8) is 0 Å². The van der Waals surface area contributed by atoms with Gasteiger partial charge >= 0.3 is 12.1 Å². The topological polar surface area (TPSA) is 92.3 Å². The Morgan fingerprint density at radius 1 is 1.08 bits per heavy atom. The highest BCUT2D eigenvalue weighted by Gasteiger charge is 2.60. The highest BCUT2D eigenvalue weighted by Crippen LogP contribution is 2.38. The van der Waals surface area contributed by atoms with Crippen LogP contribution in [0.3, 0.4) is 0 Å². The second-order valence-electron chi connectivity index (χ2n) is 8.48. The lowest BCUT2D eigenvalue weighted by molar-refractivity contribution is -0.341. The van der Waals surface area contributed by atoms with Crippen LogP contribution in [-0.4, -0.2) is 61.2 Å². The SMILES string of the molecule is CC(=O)[C@@]1(OCCCNC(=O)C(F)(F)F)O[C@@H](C)[C@@H](OCl)[C@@H](OCl)[C@@H]1OCc1cccc2ccccc12. The number of ketones is 1. The van der Waals surface area contributed by atoms with E-state index in [4.69, 9.17) is 46.5 Å². The number of amides is 1. The fourth-order valence-electron chi connectivity index (χ4n) is 4.19. The smallest absolute Gasteiger partial charge is 0.364 e. The summed E-state index contributed by atoms with van der Waals surface area (Å²) >= 11 is 11.5. The van der Waals surface area contributed by atoms with Crippen molar-refractivity contribution in [2.24, 2.45) is 0 Å². The van der Waals surface area contributed by atoms with Gasteiger partial charge in [0.15, 0.2) is 11.9 Å². The first-order chi connectivity index (χ1) is 17.5. The Balaban J connectivity index is 1.83. The number of hydrogen-bond donors (Lipinski definition) is 1. The van der Waals surface area contributed by atoms with Crippen molar-refractivity contribution in [1.82, 2.24) is 5.32 Å². The van der Waals surface area contributed by atoms with Crippen molar-refractivity contribution in [2.75, 3.05) is 13.2 Å². The molecule has 0 bridgehead atoms. The molecular formula is C24H26Cl2F3NO7. The van der Waals surface area contributed by atoms with Crippen LogP contribution >= 0.6 is 23.7 Å². The number of carbonyl (C=O) groups is 2. The highest BCUT2D eigenvalue weighted by molar-refractivity contribution is 6.08. The second-order valence-corrected chi connectivity index (χ2v) is 8.84. The number of fused-ring (bicyclic) bond motifs is 1. The minimum atomic E-state index is -5.01. The summed E-state index contributed by atoms with van der Waals surface area (Å²) in [6.45, 7) is 2.14. The van der Waals surface area contributed by atoms with E-state index in [2.05, 4.69) is 0 Å². The molecule has 1 heterocycles. The van der Waals surface area contributed by atoms with Gasteiger partial charge in [0.05, 0.1) is 43.0 Å². The van der Waals surface area contributed by atoms with Gasteiger partial charge in [-0.3, -0.25) is 18.2 Å². The monoisotopic (exact) mass is 567 g/mol. The van der Waals surface area contributed by atoms with Crippen LogP contribution in [0.25, 0.3) is 10.8 Å². The molecule has 204 valence electrons. The normalized spacial score (nSPS) is 26.2. The van der Waals surface area contributed by atoms with Crippen molar-refractivity contribution in [3.8, 4) is 0 Å². The van der Waals surface area contributed by atoms with Gasteiger partial charge < -0.3 is 19.5 Å². The van der Waals surface area contributed by atoms with E-state index >= 15 is 0 Å². The van der Waals surface area contributed by atoms with E-state index in [0.717, 1.165) is 16.3 Å². The van der Waals surface area contributed by atoms with E-state index in [1.54, 1.807) is 12.2 Å². The number of benzene rings is 2. The maximum atomic E-state index is 12.9. The Morgan fingerprint density at radius 2 is 1.76 bits per heavy atom. The lowest BCUT2D eigenvalue weighted by Gasteiger charge is -2.48. The maximum absolute atomic E-state index is 12.9. The summed E-state index contributed by atoms with van der Waals surface area (Å²) < 4.78 is 65.2. The average Bonchev–Trinajstić information content (AvgIpc) is 2.86. The van der Waals surface area contributed by atoms with Crippen molar-refractivity contribution < 1.29 is 45.5 Å². The number of rotatable bonds is 11. The molecule has 1 amide bonds. The Kier molecular flexibility index (Phi) is 10.2. The Labute approximate surface area is 221 Å². The van der Waals surface area contributed by atoms with E-state index in [1.807, 2.05) is 42.5 Å². The lowest BCUT2D eigenvalue weighted by atomic mass is 9.90. The zero-order valence-corrected chi connectivity index (χ0v) is 21.4. The lowest BCUT2D eigenvalue weighted by Crippen LogP contribution is -2.68. The molecule has 37 heavy (non-hydrogen) atoms. The van der Waals surface area contributed by atoms with Gasteiger partial charge in [-0.2, -0.15) is 13.2 Å². The van der Waals surface area contributed by atoms with Crippen molar-refractivity contribution in [2.45, 2.75) is 63.3 Å². The molecule has 1 aliphatic heterocycles. The van der Waals surface area contributed by atoms with Gasteiger partial charge in [-0.05, 0) is 29.7 Å². The van der Waals surface area contributed by atoms with E-state index < -0.39 is 48.1 Å². The molecule has 1 fully saturated rings. The number of ether oxygens (including phenoxy) is 3. The third-order valence-electron chi connectivity index (χ3n) is 6.00. The Hall–Kier alpha value is -1.99. The van der Waals surface area contributed by atoms with Gasteiger partial charge in [-0.25, -0.2) is 0 Å². The van der Waals surface area contributed by atoms with Gasteiger partial charge in [-0.15, -0.1) is 0 Å². The molecular weight excluding hydrogens is 542 g/mol. The van der Waals surface area contributed by atoms with Crippen LogP contribution in [0.15, 0.2) is 42.5 Å². The van der Waals surface area contributed by atoms with Crippen molar-refractivity contribution in [3.05, 3.63) is 48.0 Å². The summed E-state index contributed by atoms with van der Waals surface area (Å²) in [6, 6.07) is 13.3. The molecule has 0 aliphatic carbocycles. The number of halogens is 5.